The van der Waals surface area contributed by atoms with Crippen LogP contribution in [0.4, 0.5) is 0 Å². The van der Waals surface area contributed by atoms with E-state index in [1.165, 1.54) is 34.9 Å². The molecule has 2 atom stereocenters. The molecule has 5 rings (SSSR count). The molecule has 2 heterocycles. The first-order valence-corrected chi connectivity index (χ1v) is 8.46. The highest BCUT2D eigenvalue weighted by atomic mass is 15.1. The van der Waals surface area contributed by atoms with Gasteiger partial charge in [0, 0.05) is 28.3 Å². The van der Waals surface area contributed by atoms with Gasteiger partial charge in [-0.25, -0.2) is 0 Å². The number of nitrogens with one attached hydrogen (secondary N) is 1. The van der Waals surface area contributed by atoms with Crippen LogP contribution in [0.3, 0.4) is 0 Å². The second-order valence-electron chi connectivity index (χ2n) is 7.92. The molecule has 0 saturated heterocycles. The lowest BCUT2D eigenvalue weighted by atomic mass is 9.70. The molecule has 3 aromatic rings. The molecule has 1 fully saturated rings. The van der Waals surface area contributed by atoms with E-state index >= 15 is 0 Å². The van der Waals surface area contributed by atoms with Crippen molar-refractivity contribution in [2.45, 2.75) is 44.9 Å². The Hall–Kier alpha value is -2.16. The number of fused-ring (bicyclic) bond motifs is 6. The SMILES string of the molecule is CC1(C)[C@@H]2CC[C@@]1(C)c1[nH]nc(-c3cc4ccccc4cn3)c12. The van der Waals surface area contributed by atoms with Gasteiger partial charge in [0.05, 0.1) is 5.69 Å². The summed E-state index contributed by atoms with van der Waals surface area (Å²) in [4.78, 5) is 4.70. The molecule has 116 valence electrons. The smallest absolute Gasteiger partial charge is 0.114 e. The number of hydrogen-bond acceptors (Lipinski definition) is 2. The maximum absolute atomic E-state index is 4.70. The van der Waals surface area contributed by atoms with Gasteiger partial charge in [-0.2, -0.15) is 5.10 Å². The molecular formula is C20H21N3. The molecular weight excluding hydrogens is 282 g/mol. The van der Waals surface area contributed by atoms with Gasteiger partial charge < -0.3 is 0 Å². The number of benzene rings is 1. The lowest BCUT2D eigenvalue weighted by Gasteiger charge is -2.34. The molecule has 0 amide bonds. The number of pyridine rings is 1. The Morgan fingerprint density at radius 1 is 1.13 bits per heavy atom. The quantitative estimate of drug-likeness (QED) is 0.701. The van der Waals surface area contributed by atoms with E-state index in [1.807, 2.05) is 6.20 Å². The summed E-state index contributed by atoms with van der Waals surface area (Å²) >= 11 is 0. The molecule has 0 spiro atoms. The number of hydrogen-bond donors (Lipinski definition) is 1. The minimum atomic E-state index is 0.217. The van der Waals surface area contributed by atoms with Gasteiger partial charge >= 0.3 is 0 Å². The average Bonchev–Trinajstić information content (AvgIpc) is 3.13. The van der Waals surface area contributed by atoms with E-state index in [-0.39, 0.29) is 5.41 Å². The molecule has 3 heteroatoms. The number of H-pyrrole nitrogens is 1. The Morgan fingerprint density at radius 3 is 2.74 bits per heavy atom. The lowest BCUT2D eigenvalue weighted by Crippen LogP contribution is -2.32. The first-order valence-electron chi connectivity index (χ1n) is 8.46. The Kier molecular flexibility index (Phi) is 2.33. The zero-order valence-electron chi connectivity index (χ0n) is 13.9. The number of aromatic nitrogens is 3. The third-order valence-corrected chi connectivity index (χ3v) is 6.80. The molecule has 2 bridgehead atoms. The molecule has 1 N–H and O–H groups in total. The van der Waals surface area contributed by atoms with Gasteiger partial charge in [0.25, 0.3) is 0 Å². The molecule has 2 aliphatic carbocycles. The maximum Gasteiger partial charge on any atom is 0.114 e. The second kappa shape index (κ2) is 4.02. The molecule has 2 aromatic heterocycles. The van der Waals surface area contributed by atoms with E-state index < -0.39 is 0 Å². The minimum Gasteiger partial charge on any atom is -0.281 e. The van der Waals surface area contributed by atoms with Crippen molar-refractivity contribution in [1.29, 1.82) is 0 Å². The highest BCUT2D eigenvalue weighted by Gasteiger charge is 2.61. The van der Waals surface area contributed by atoms with Crippen molar-refractivity contribution in [2.75, 3.05) is 0 Å². The first-order chi connectivity index (χ1) is 11.0. The minimum absolute atomic E-state index is 0.217. The molecule has 1 saturated carbocycles. The third kappa shape index (κ3) is 1.46. The van der Waals surface area contributed by atoms with Gasteiger partial charge in [0.15, 0.2) is 0 Å². The van der Waals surface area contributed by atoms with Gasteiger partial charge in [-0.15, -0.1) is 0 Å². The van der Waals surface area contributed by atoms with E-state index in [9.17, 15) is 0 Å². The van der Waals surface area contributed by atoms with E-state index in [1.54, 1.807) is 0 Å². The largest absolute Gasteiger partial charge is 0.281 e. The summed E-state index contributed by atoms with van der Waals surface area (Å²) in [6.45, 7) is 7.22. The van der Waals surface area contributed by atoms with Crippen LogP contribution in [0.2, 0.25) is 0 Å². The fraction of sp³-hybridized carbons (Fsp3) is 0.400. The number of aromatic amines is 1. The van der Waals surface area contributed by atoms with Crippen LogP contribution in [0, 0.1) is 5.41 Å². The van der Waals surface area contributed by atoms with Crippen molar-refractivity contribution in [3.05, 3.63) is 47.8 Å². The monoisotopic (exact) mass is 303 g/mol. The summed E-state index contributed by atoms with van der Waals surface area (Å²) in [5, 5.41) is 10.5. The van der Waals surface area contributed by atoms with Crippen LogP contribution >= 0.6 is 0 Å². The van der Waals surface area contributed by atoms with Crippen molar-refractivity contribution in [1.82, 2.24) is 15.2 Å². The highest BCUT2D eigenvalue weighted by molar-refractivity contribution is 5.85. The summed E-state index contributed by atoms with van der Waals surface area (Å²) in [5.41, 5.74) is 5.34. The normalized spacial score (nSPS) is 27.5. The fourth-order valence-corrected chi connectivity index (χ4v) is 4.97. The second-order valence-corrected chi connectivity index (χ2v) is 7.92. The zero-order chi connectivity index (χ0) is 15.8. The lowest BCUT2D eigenvalue weighted by molar-refractivity contribution is 0.225. The van der Waals surface area contributed by atoms with Crippen molar-refractivity contribution < 1.29 is 0 Å². The van der Waals surface area contributed by atoms with Crippen LogP contribution in [0.1, 0.15) is 50.8 Å². The van der Waals surface area contributed by atoms with Crippen LogP contribution in [0.15, 0.2) is 36.5 Å². The number of rotatable bonds is 1. The Bertz CT molecular complexity index is 937. The molecule has 0 unspecified atom stereocenters. The summed E-state index contributed by atoms with van der Waals surface area (Å²) in [6, 6.07) is 10.6. The predicted octanol–water partition coefficient (Wildman–Crippen LogP) is 4.80. The van der Waals surface area contributed by atoms with Crippen LogP contribution < -0.4 is 0 Å². The van der Waals surface area contributed by atoms with E-state index in [4.69, 9.17) is 4.98 Å². The van der Waals surface area contributed by atoms with E-state index in [0.717, 1.165) is 11.4 Å². The zero-order valence-corrected chi connectivity index (χ0v) is 13.9. The topological polar surface area (TPSA) is 41.6 Å². The Balaban J connectivity index is 1.72. The van der Waals surface area contributed by atoms with Crippen LogP contribution in [-0.4, -0.2) is 15.2 Å². The standard InChI is InChI=1S/C20H21N3/c1-19(2)14-8-9-20(19,3)18-16(14)17(22-23-18)15-10-12-6-4-5-7-13(12)11-21-15/h4-7,10-11,14H,8-9H2,1-3H3,(H,22,23)/t14-,20+/m1/s1. The van der Waals surface area contributed by atoms with Gasteiger partial charge in [0.1, 0.15) is 5.69 Å². The fourth-order valence-electron chi connectivity index (χ4n) is 4.97. The van der Waals surface area contributed by atoms with Gasteiger partial charge in [-0.3, -0.25) is 10.1 Å². The average molecular weight is 303 g/mol. The molecule has 3 nitrogen and oxygen atoms in total. The number of nitrogens with zero attached hydrogens (tertiary/aromatic N) is 2. The van der Waals surface area contributed by atoms with E-state index in [2.05, 4.69) is 61.3 Å². The molecule has 2 aliphatic rings. The van der Waals surface area contributed by atoms with Gasteiger partial charge in [-0.1, -0.05) is 45.0 Å². The Morgan fingerprint density at radius 2 is 1.91 bits per heavy atom. The van der Waals surface area contributed by atoms with Crippen LogP contribution in [0.25, 0.3) is 22.2 Å². The van der Waals surface area contributed by atoms with Crippen molar-refractivity contribution in [2.24, 2.45) is 5.41 Å². The molecule has 23 heavy (non-hydrogen) atoms. The van der Waals surface area contributed by atoms with Gasteiger partial charge in [-0.05, 0) is 35.6 Å². The molecule has 0 aliphatic heterocycles. The maximum atomic E-state index is 4.70. The van der Waals surface area contributed by atoms with Crippen LogP contribution in [0.5, 0.6) is 0 Å². The third-order valence-electron chi connectivity index (χ3n) is 6.80. The first kappa shape index (κ1) is 13.3. The van der Waals surface area contributed by atoms with Crippen molar-refractivity contribution in [3.8, 4) is 11.4 Å². The molecule has 0 radical (unpaired) electrons. The predicted molar refractivity (Wildman–Crippen MR) is 92.4 cm³/mol. The van der Waals surface area contributed by atoms with Crippen molar-refractivity contribution >= 4 is 10.8 Å². The van der Waals surface area contributed by atoms with Crippen molar-refractivity contribution in [3.63, 3.8) is 0 Å². The summed E-state index contributed by atoms with van der Waals surface area (Å²) < 4.78 is 0. The highest BCUT2D eigenvalue weighted by Crippen LogP contribution is 2.68. The summed E-state index contributed by atoms with van der Waals surface area (Å²) in [6.07, 6.45) is 4.48. The molecule has 1 aromatic carbocycles. The Labute approximate surface area is 136 Å². The van der Waals surface area contributed by atoms with Gasteiger partial charge in [0.2, 0.25) is 0 Å². The summed E-state index contributed by atoms with van der Waals surface area (Å²) in [7, 11) is 0. The van der Waals surface area contributed by atoms with E-state index in [0.29, 0.717) is 11.3 Å². The van der Waals surface area contributed by atoms with Crippen LogP contribution in [-0.2, 0) is 5.41 Å². The summed E-state index contributed by atoms with van der Waals surface area (Å²) in [5.74, 6) is 0.588.